The van der Waals surface area contributed by atoms with Gasteiger partial charge >= 0.3 is 12.1 Å². The number of nitrogens with zero attached hydrogens (tertiary/aromatic N) is 4. The second-order valence-corrected chi connectivity index (χ2v) is 9.35. The zero-order chi connectivity index (χ0) is 25.5. The first-order valence-corrected chi connectivity index (χ1v) is 11.7. The fourth-order valence-electron chi connectivity index (χ4n) is 3.64. The molecule has 0 aliphatic carbocycles. The second kappa shape index (κ2) is 11.0. The molecule has 0 aliphatic heterocycles. The van der Waals surface area contributed by atoms with Crippen molar-refractivity contribution in [1.82, 2.24) is 24.8 Å². The first-order chi connectivity index (χ1) is 17.3. The monoisotopic (exact) mass is 487 g/mol. The van der Waals surface area contributed by atoms with Crippen molar-refractivity contribution < 1.29 is 19.1 Å². The topological polar surface area (TPSA) is 108 Å². The predicted molar refractivity (Wildman–Crippen MR) is 134 cm³/mol. The van der Waals surface area contributed by atoms with Crippen molar-refractivity contribution in [2.45, 2.75) is 52.0 Å². The van der Waals surface area contributed by atoms with Gasteiger partial charge in [0.25, 0.3) is 0 Å². The van der Waals surface area contributed by atoms with Crippen LogP contribution in [0.2, 0.25) is 0 Å². The largest absolute Gasteiger partial charge is 0.459 e. The van der Waals surface area contributed by atoms with E-state index in [9.17, 15) is 9.59 Å². The molecule has 0 fully saturated rings. The van der Waals surface area contributed by atoms with Gasteiger partial charge in [0.15, 0.2) is 5.65 Å². The van der Waals surface area contributed by atoms with Gasteiger partial charge in [-0.25, -0.2) is 24.5 Å². The van der Waals surface area contributed by atoms with Gasteiger partial charge in [0.05, 0.1) is 18.6 Å². The normalized spacial score (nSPS) is 12.2. The molecule has 2 aromatic carbocycles. The summed E-state index contributed by atoms with van der Waals surface area (Å²) in [4.78, 5) is 38.8. The fraction of sp³-hybridized carbons (Fsp3) is 0.296. The summed E-state index contributed by atoms with van der Waals surface area (Å²) in [5, 5.41) is 2.64. The van der Waals surface area contributed by atoms with Gasteiger partial charge in [-0.1, -0.05) is 60.7 Å². The van der Waals surface area contributed by atoms with E-state index in [1.165, 1.54) is 6.33 Å². The average Bonchev–Trinajstić information content (AvgIpc) is 3.26. The molecule has 36 heavy (non-hydrogen) atoms. The van der Waals surface area contributed by atoms with Crippen LogP contribution in [0.3, 0.4) is 0 Å². The minimum absolute atomic E-state index is 0.0637. The van der Waals surface area contributed by atoms with E-state index in [1.807, 2.05) is 65.2 Å². The number of carbonyl (C=O) groups excluding carboxylic acids is 2. The van der Waals surface area contributed by atoms with E-state index in [4.69, 9.17) is 9.47 Å². The van der Waals surface area contributed by atoms with Crippen molar-refractivity contribution in [3.05, 3.63) is 90.1 Å². The summed E-state index contributed by atoms with van der Waals surface area (Å²) in [7, 11) is 0. The molecule has 1 amide bonds. The Morgan fingerprint density at radius 3 is 2.28 bits per heavy atom. The van der Waals surface area contributed by atoms with Crippen molar-refractivity contribution >= 4 is 23.2 Å². The minimum Gasteiger partial charge on any atom is -0.459 e. The standard InChI is InChI=1S/C27H29N5O4/c1-27(2,3)36-26(34)31-22(25(33)35-16-20-12-8-5-9-13-20)14-21-23-24(29-17-28-21)32(18-30-23)15-19-10-6-4-7-11-19/h4-13,17-18,22H,14-16H2,1-3H3,(H,31,34)/t22-/m1/s1. The maximum absolute atomic E-state index is 13.0. The number of imidazole rings is 1. The van der Waals surface area contributed by atoms with E-state index in [-0.39, 0.29) is 13.0 Å². The fourth-order valence-corrected chi connectivity index (χ4v) is 3.64. The van der Waals surface area contributed by atoms with Crippen LogP contribution in [0.5, 0.6) is 0 Å². The number of nitrogens with one attached hydrogen (secondary N) is 1. The lowest BCUT2D eigenvalue weighted by molar-refractivity contribution is -0.147. The molecule has 9 heteroatoms. The van der Waals surface area contributed by atoms with Crippen LogP contribution in [-0.2, 0) is 33.8 Å². The van der Waals surface area contributed by atoms with Crippen molar-refractivity contribution in [2.75, 3.05) is 0 Å². The molecule has 1 N–H and O–H groups in total. The highest BCUT2D eigenvalue weighted by atomic mass is 16.6. The van der Waals surface area contributed by atoms with Gasteiger partial charge < -0.3 is 19.4 Å². The first-order valence-electron chi connectivity index (χ1n) is 11.7. The Balaban J connectivity index is 1.55. The summed E-state index contributed by atoms with van der Waals surface area (Å²) < 4.78 is 12.8. The molecule has 4 aromatic rings. The average molecular weight is 488 g/mol. The van der Waals surface area contributed by atoms with Gasteiger partial charge in [-0.2, -0.15) is 0 Å². The smallest absolute Gasteiger partial charge is 0.408 e. The summed E-state index contributed by atoms with van der Waals surface area (Å²) in [6.45, 7) is 5.93. The molecule has 0 unspecified atom stereocenters. The molecule has 186 valence electrons. The molecule has 0 radical (unpaired) electrons. The molecule has 0 spiro atoms. The number of alkyl carbamates (subject to hydrolysis) is 1. The van der Waals surface area contributed by atoms with Crippen LogP contribution in [0, 0.1) is 0 Å². The van der Waals surface area contributed by atoms with Gasteiger partial charge in [-0.05, 0) is 31.9 Å². The number of esters is 1. The molecular weight excluding hydrogens is 458 g/mol. The van der Waals surface area contributed by atoms with Crippen LogP contribution in [0.15, 0.2) is 73.3 Å². The molecule has 1 atom stereocenters. The maximum atomic E-state index is 13.0. The van der Waals surface area contributed by atoms with Gasteiger partial charge in [-0.3, -0.25) is 0 Å². The van der Waals surface area contributed by atoms with Crippen LogP contribution >= 0.6 is 0 Å². The number of carbonyl (C=O) groups is 2. The lowest BCUT2D eigenvalue weighted by atomic mass is 10.1. The summed E-state index contributed by atoms with van der Waals surface area (Å²) in [5.41, 5.74) is 2.93. The first kappa shape index (κ1) is 24.8. The molecule has 2 aromatic heterocycles. The van der Waals surface area contributed by atoms with Crippen molar-refractivity contribution in [1.29, 1.82) is 0 Å². The number of rotatable bonds is 8. The summed E-state index contributed by atoms with van der Waals surface area (Å²) in [6, 6.07) is 18.3. The zero-order valence-electron chi connectivity index (χ0n) is 20.5. The van der Waals surface area contributed by atoms with Crippen LogP contribution in [0.1, 0.15) is 37.6 Å². The van der Waals surface area contributed by atoms with Crippen molar-refractivity contribution in [3.63, 3.8) is 0 Å². The van der Waals surface area contributed by atoms with E-state index in [2.05, 4.69) is 20.3 Å². The highest BCUT2D eigenvalue weighted by Crippen LogP contribution is 2.17. The molecule has 0 saturated heterocycles. The summed E-state index contributed by atoms with van der Waals surface area (Å²) in [6.07, 6.45) is 2.47. The SMILES string of the molecule is CC(C)(C)OC(=O)N[C@H](Cc1ncnc2c1ncn2Cc1ccccc1)C(=O)OCc1ccccc1. The Kier molecular flexibility index (Phi) is 7.58. The van der Waals surface area contributed by atoms with Gasteiger partial charge in [0.1, 0.15) is 30.1 Å². The van der Waals surface area contributed by atoms with E-state index in [1.54, 1.807) is 27.1 Å². The Morgan fingerprint density at radius 1 is 0.944 bits per heavy atom. The van der Waals surface area contributed by atoms with Crippen molar-refractivity contribution in [2.24, 2.45) is 0 Å². The number of ether oxygens (including phenoxy) is 2. The zero-order valence-corrected chi connectivity index (χ0v) is 20.5. The Hall–Kier alpha value is -4.27. The second-order valence-electron chi connectivity index (χ2n) is 9.35. The van der Waals surface area contributed by atoms with Crippen LogP contribution in [0.25, 0.3) is 11.2 Å². The Bertz CT molecular complexity index is 1320. The molecule has 0 saturated carbocycles. The Morgan fingerprint density at radius 2 is 1.61 bits per heavy atom. The molecule has 2 heterocycles. The number of amides is 1. The third-order valence-electron chi connectivity index (χ3n) is 5.27. The van der Waals surface area contributed by atoms with Crippen molar-refractivity contribution in [3.8, 4) is 0 Å². The molecule has 4 rings (SSSR count). The third-order valence-corrected chi connectivity index (χ3v) is 5.27. The summed E-state index contributed by atoms with van der Waals surface area (Å²) >= 11 is 0. The van der Waals surface area contributed by atoms with Gasteiger partial charge in [0.2, 0.25) is 0 Å². The lowest BCUT2D eigenvalue weighted by Crippen LogP contribution is -2.45. The third kappa shape index (κ3) is 6.65. The number of fused-ring (bicyclic) bond motifs is 1. The number of hydrogen-bond donors (Lipinski definition) is 1. The predicted octanol–water partition coefficient (Wildman–Crippen LogP) is 4.05. The minimum atomic E-state index is -1.03. The molecule has 9 nitrogen and oxygen atoms in total. The number of aromatic nitrogens is 4. The quantitative estimate of drug-likeness (QED) is 0.374. The maximum Gasteiger partial charge on any atom is 0.408 e. The van der Waals surface area contributed by atoms with E-state index in [0.717, 1.165) is 11.1 Å². The van der Waals surface area contributed by atoms with Gasteiger partial charge in [-0.15, -0.1) is 0 Å². The van der Waals surface area contributed by atoms with E-state index < -0.39 is 23.7 Å². The summed E-state index contributed by atoms with van der Waals surface area (Å²) in [5.74, 6) is -0.597. The molecule has 0 aliphatic rings. The van der Waals surface area contributed by atoms with Crippen LogP contribution in [0.4, 0.5) is 4.79 Å². The number of benzene rings is 2. The van der Waals surface area contributed by atoms with E-state index in [0.29, 0.717) is 23.4 Å². The lowest BCUT2D eigenvalue weighted by Gasteiger charge is -2.23. The molecular formula is C27H29N5O4. The highest BCUT2D eigenvalue weighted by Gasteiger charge is 2.28. The Labute approximate surface area is 209 Å². The number of hydrogen-bond acceptors (Lipinski definition) is 7. The highest BCUT2D eigenvalue weighted by molar-refractivity contribution is 5.83. The van der Waals surface area contributed by atoms with Crippen LogP contribution < -0.4 is 5.32 Å². The van der Waals surface area contributed by atoms with E-state index >= 15 is 0 Å². The molecule has 0 bridgehead atoms. The van der Waals surface area contributed by atoms with Gasteiger partial charge in [0, 0.05) is 6.42 Å². The van der Waals surface area contributed by atoms with Crippen LogP contribution in [-0.4, -0.2) is 43.2 Å².